The Kier molecular flexibility index (Phi) is 4.56. The molecule has 0 unspecified atom stereocenters. The lowest BCUT2D eigenvalue weighted by molar-refractivity contribution is -0.144. The van der Waals surface area contributed by atoms with Crippen LogP contribution in [0.15, 0.2) is 30.3 Å². The minimum absolute atomic E-state index is 0.143. The highest BCUT2D eigenvalue weighted by molar-refractivity contribution is 5.69. The Hall–Kier alpha value is -2.10. The summed E-state index contributed by atoms with van der Waals surface area (Å²) in [5, 5.41) is 4.44. The molecule has 0 saturated heterocycles. The van der Waals surface area contributed by atoms with Gasteiger partial charge < -0.3 is 4.74 Å². The van der Waals surface area contributed by atoms with Crippen LogP contribution in [-0.4, -0.2) is 15.7 Å². The van der Waals surface area contributed by atoms with Crippen LogP contribution in [0.4, 0.5) is 0 Å². The van der Waals surface area contributed by atoms with Crippen molar-refractivity contribution in [2.45, 2.75) is 40.2 Å². The van der Waals surface area contributed by atoms with Crippen molar-refractivity contribution in [2.75, 3.05) is 0 Å². The van der Waals surface area contributed by atoms with E-state index in [2.05, 4.69) is 5.10 Å². The third-order valence-corrected chi connectivity index (χ3v) is 3.04. The first kappa shape index (κ1) is 14.3. The van der Waals surface area contributed by atoms with Crippen molar-refractivity contribution in [3.63, 3.8) is 0 Å². The van der Waals surface area contributed by atoms with Crippen molar-refractivity contribution in [2.24, 2.45) is 0 Å². The molecular weight excluding hydrogens is 252 g/mol. The first-order valence-corrected chi connectivity index (χ1v) is 6.88. The summed E-state index contributed by atoms with van der Waals surface area (Å²) >= 11 is 0. The largest absolute Gasteiger partial charge is 0.461 e. The van der Waals surface area contributed by atoms with Gasteiger partial charge in [0.1, 0.15) is 6.61 Å². The van der Waals surface area contributed by atoms with Gasteiger partial charge in [0.15, 0.2) is 0 Å². The number of benzene rings is 1. The number of hydrogen-bond acceptors (Lipinski definition) is 3. The lowest BCUT2D eigenvalue weighted by Crippen LogP contribution is -2.04. The molecule has 106 valence electrons. The van der Waals surface area contributed by atoms with Crippen LogP contribution in [0.3, 0.4) is 0 Å². The Morgan fingerprint density at radius 1 is 1.25 bits per heavy atom. The SMILES string of the molecule is CCCC(=O)OCc1ccc(-n2nc(C)cc2C)cc1. The zero-order valence-corrected chi connectivity index (χ0v) is 12.2. The first-order chi connectivity index (χ1) is 9.60. The van der Waals surface area contributed by atoms with E-state index in [-0.39, 0.29) is 5.97 Å². The molecule has 4 nitrogen and oxygen atoms in total. The number of nitrogens with zero attached hydrogens (tertiary/aromatic N) is 2. The van der Waals surface area contributed by atoms with Gasteiger partial charge in [-0.2, -0.15) is 5.10 Å². The van der Waals surface area contributed by atoms with E-state index in [1.54, 1.807) is 0 Å². The Balaban J connectivity index is 2.03. The summed E-state index contributed by atoms with van der Waals surface area (Å²) in [6.07, 6.45) is 1.29. The predicted molar refractivity (Wildman–Crippen MR) is 77.7 cm³/mol. The molecule has 0 saturated carbocycles. The highest BCUT2D eigenvalue weighted by Gasteiger charge is 2.05. The second kappa shape index (κ2) is 6.37. The number of carbonyl (C=O) groups excluding carboxylic acids is 1. The van der Waals surface area contributed by atoms with E-state index in [0.717, 1.165) is 29.1 Å². The lowest BCUT2D eigenvalue weighted by Gasteiger charge is -2.07. The molecule has 0 aliphatic heterocycles. The van der Waals surface area contributed by atoms with Crippen molar-refractivity contribution in [3.8, 4) is 5.69 Å². The molecule has 1 aromatic carbocycles. The number of hydrogen-bond donors (Lipinski definition) is 0. The maximum atomic E-state index is 11.3. The van der Waals surface area contributed by atoms with Crippen molar-refractivity contribution >= 4 is 5.97 Å². The van der Waals surface area contributed by atoms with Gasteiger partial charge in [0.2, 0.25) is 0 Å². The van der Waals surface area contributed by atoms with Crippen LogP contribution in [0.1, 0.15) is 36.7 Å². The third-order valence-electron chi connectivity index (χ3n) is 3.04. The minimum Gasteiger partial charge on any atom is -0.461 e. The summed E-state index contributed by atoms with van der Waals surface area (Å²) in [6, 6.07) is 9.95. The first-order valence-electron chi connectivity index (χ1n) is 6.88. The summed E-state index contributed by atoms with van der Waals surface area (Å²) in [5.74, 6) is -0.143. The van der Waals surface area contributed by atoms with Gasteiger partial charge in [0, 0.05) is 12.1 Å². The molecule has 0 spiro atoms. The molecule has 2 rings (SSSR count). The number of carbonyl (C=O) groups is 1. The Morgan fingerprint density at radius 3 is 2.50 bits per heavy atom. The van der Waals surface area contributed by atoms with E-state index in [1.807, 2.05) is 55.8 Å². The number of aryl methyl sites for hydroxylation is 2. The summed E-state index contributed by atoms with van der Waals surface area (Å²) in [6.45, 7) is 6.30. The topological polar surface area (TPSA) is 44.1 Å². The van der Waals surface area contributed by atoms with E-state index in [9.17, 15) is 4.79 Å². The van der Waals surface area contributed by atoms with E-state index >= 15 is 0 Å². The van der Waals surface area contributed by atoms with Crippen LogP contribution in [0.5, 0.6) is 0 Å². The standard InChI is InChI=1S/C16H20N2O2/c1-4-5-16(19)20-11-14-6-8-15(9-7-14)18-13(3)10-12(2)17-18/h6-10H,4-5,11H2,1-3H3. The molecule has 0 aliphatic carbocycles. The predicted octanol–water partition coefficient (Wildman–Crippen LogP) is 3.33. The van der Waals surface area contributed by atoms with Gasteiger partial charge in [-0.05, 0) is 44.0 Å². The smallest absolute Gasteiger partial charge is 0.306 e. The molecular formula is C16H20N2O2. The Morgan fingerprint density at radius 2 is 1.95 bits per heavy atom. The van der Waals surface area contributed by atoms with Gasteiger partial charge in [-0.15, -0.1) is 0 Å². The van der Waals surface area contributed by atoms with Crippen LogP contribution >= 0.6 is 0 Å². The van der Waals surface area contributed by atoms with E-state index in [0.29, 0.717) is 13.0 Å². The van der Waals surface area contributed by atoms with Crippen LogP contribution < -0.4 is 0 Å². The molecule has 0 amide bonds. The van der Waals surface area contributed by atoms with Crippen LogP contribution in [0.25, 0.3) is 5.69 Å². The van der Waals surface area contributed by atoms with Gasteiger partial charge in [-0.25, -0.2) is 4.68 Å². The van der Waals surface area contributed by atoms with Crippen LogP contribution in [0, 0.1) is 13.8 Å². The van der Waals surface area contributed by atoms with E-state index < -0.39 is 0 Å². The monoisotopic (exact) mass is 272 g/mol. The van der Waals surface area contributed by atoms with Crippen molar-refractivity contribution in [1.29, 1.82) is 0 Å². The van der Waals surface area contributed by atoms with E-state index in [1.165, 1.54) is 0 Å². The molecule has 0 bridgehead atoms. The Labute approximate surface area is 119 Å². The molecule has 0 N–H and O–H groups in total. The van der Waals surface area contributed by atoms with Crippen molar-refractivity contribution < 1.29 is 9.53 Å². The second-order valence-corrected chi connectivity index (χ2v) is 4.92. The van der Waals surface area contributed by atoms with Gasteiger partial charge in [-0.3, -0.25) is 4.79 Å². The van der Waals surface area contributed by atoms with Crippen LogP contribution in [-0.2, 0) is 16.1 Å². The zero-order valence-electron chi connectivity index (χ0n) is 12.2. The summed E-state index contributed by atoms with van der Waals surface area (Å²) in [4.78, 5) is 11.3. The summed E-state index contributed by atoms with van der Waals surface area (Å²) in [7, 11) is 0. The van der Waals surface area contributed by atoms with Crippen LogP contribution in [0.2, 0.25) is 0 Å². The molecule has 0 atom stereocenters. The third kappa shape index (κ3) is 3.47. The summed E-state index contributed by atoms with van der Waals surface area (Å²) in [5.41, 5.74) is 4.10. The van der Waals surface area contributed by atoms with Gasteiger partial charge in [0.25, 0.3) is 0 Å². The molecule has 2 aromatic rings. The fraction of sp³-hybridized carbons (Fsp3) is 0.375. The molecule has 0 aliphatic rings. The van der Waals surface area contributed by atoms with Crippen molar-refractivity contribution in [3.05, 3.63) is 47.3 Å². The van der Waals surface area contributed by atoms with Gasteiger partial charge >= 0.3 is 5.97 Å². The van der Waals surface area contributed by atoms with Gasteiger partial charge in [-0.1, -0.05) is 19.1 Å². The average molecular weight is 272 g/mol. The highest BCUT2D eigenvalue weighted by atomic mass is 16.5. The number of aromatic nitrogens is 2. The van der Waals surface area contributed by atoms with E-state index in [4.69, 9.17) is 4.74 Å². The average Bonchev–Trinajstić information content (AvgIpc) is 2.76. The normalized spacial score (nSPS) is 10.6. The fourth-order valence-electron chi connectivity index (χ4n) is 2.06. The fourth-order valence-corrected chi connectivity index (χ4v) is 2.06. The zero-order chi connectivity index (χ0) is 14.5. The molecule has 1 aromatic heterocycles. The maximum Gasteiger partial charge on any atom is 0.306 e. The highest BCUT2D eigenvalue weighted by Crippen LogP contribution is 2.13. The Bertz CT molecular complexity index is 585. The quantitative estimate of drug-likeness (QED) is 0.784. The molecule has 1 heterocycles. The minimum atomic E-state index is -0.143. The van der Waals surface area contributed by atoms with Crippen molar-refractivity contribution in [1.82, 2.24) is 9.78 Å². The molecule has 0 radical (unpaired) electrons. The number of rotatable bonds is 5. The molecule has 4 heteroatoms. The number of ether oxygens (including phenoxy) is 1. The molecule has 20 heavy (non-hydrogen) atoms. The molecule has 0 fully saturated rings. The maximum absolute atomic E-state index is 11.3. The lowest BCUT2D eigenvalue weighted by atomic mass is 10.2. The second-order valence-electron chi connectivity index (χ2n) is 4.92. The van der Waals surface area contributed by atoms with Gasteiger partial charge in [0.05, 0.1) is 11.4 Å². The summed E-state index contributed by atoms with van der Waals surface area (Å²) < 4.78 is 7.09. The number of esters is 1.